The van der Waals surface area contributed by atoms with Crippen LogP contribution in [0.5, 0.6) is 0 Å². The van der Waals surface area contributed by atoms with Gasteiger partial charge in [-0.3, -0.25) is 19.3 Å². The van der Waals surface area contributed by atoms with Crippen molar-refractivity contribution in [3.05, 3.63) is 111 Å². The number of primary amides is 1. The first-order chi connectivity index (χ1) is 18.2. The fourth-order valence-corrected chi connectivity index (χ4v) is 4.79. The monoisotopic (exact) mass is 531 g/mol. The third-order valence-electron chi connectivity index (χ3n) is 6.21. The normalized spacial score (nSPS) is 11.6. The lowest BCUT2D eigenvalue weighted by Gasteiger charge is -2.32. The van der Waals surface area contributed by atoms with Gasteiger partial charge < -0.3 is 16.8 Å². The van der Waals surface area contributed by atoms with Crippen molar-refractivity contribution in [1.82, 2.24) is 9.69 Å². The van der Waals surface area contributed by atoms with E-state index in [2.05, 4.69) is 9.69 Å². The summed E-state index contributed by atoms with van der Waals surface area (Å²) in [6, 6.07) is 18.8. The van der Waals surface area contributed by atoms with Gasteiger partial charge in [0.15, 0.2) is 5.69 Å². The fraction of sp³-hybridized carbons (Fsp3) is 0.143. The number of nitrogens with one attached hydrogen (secondary N) is 1. The van der Waals surface area contributed by atoms with Crippen molar-refractivity contribution in [2.24, 2.45) is 5.73 Å². The fourth-order valence-electron chi connectivity index (χ4n) is 4.05. The van der Waals surface area contributed by atoms with Crippen molar-refractivity contribution in [2.45, 2.75) is 26.4 Å². The van der Waals surface area contributed by atoms with Gasteiger partial charge in [0, 0.05) is 12.2 Å². The van der Waals surface area contributed by atoms with E-state index in [0.29, 0.717) is 11.3 Å². The lowest BCUT2D eigenvalue weighted by molar-refractivity contribution is -0.122. The summed E-state index contributed by atoms with van der Waals surface area (Å²) in [5.74, 6) is -2.50. The van der Waals surface area contributed by atoms with Crippen LogP contribution in [0.3, 0.4) is 0 Å². The number of halogens is 1. The molecule has 1 heterocycles. The van der Waals surface area contributed by atoms with Crippen molar-refractivity contribution in [2.75, 3.05) is 10.6 Å². The molecule has 38 heavy (non-hydrogen) atoms. The summed E-state index contributed by atoms with van der Waals surface area (Å²) in [4.78, 5) is 41.0. The molecule has 0 bridgehead atoms. The van der Waals surface area contributed by atoms with Gasteiger partial charge in [0.25, 0.3) is 11.8 Å². The maximum atomic E-state index is 14.1. The van der Waals surface area contributed by atoms with Crippen molar-refractivity contribution >= 4 is 40.6 Å². The first-order valence-corrected chi connectivity index (χ1v) is 12.5. The highest BCUT2D eigenvalue weighted by molar-refractivity contribution is 7.09. The molecule has 10 heteroatoms. The number of hydrogen-bond acceptors (Lipinski definition) is 6. The number of hydrogen-bond donors (Lipinski definition) is 3. The van der Waals surface area contributed by atoms with Crippen molar-refractivity contribution in [3.8, 4) is 0 Å². The summed E-state index contributed by atoms with van der Waals surface area (Å²) in [6.45, 7) is 3.93. The van der Waals surface area contributed by atoms with Crippen LogP contribution in [-0.4, -0.2) is 22.1 Å². The average Bonchev–Trinajstić information content (AvgIpc) is 3.30. The summed E-state index contributed by atoms with van der Waals surface area (Å²) in [6.07, 6.45) is 0. The number of rotatable bonds is 8. The highest BCUT2D eigenvalue weighted by Crippen LogP contribution is 2.35. The quantitative estimate of drug-likeness (QED) is 0.312. The zero-order valence-electron chi connectivity index (χ0n) is 20.8. The minimum Gasteiger partial charge on any atom is -0.395 e. The van der Waals surface area contributed by atoms with Crippen LogP contribution in [-0.2, 0) is 11.3 Å². The second-order valence-electron chi connectivity index (χ2n) is 8.69. The Kier molecular flexibility index (Phi) is 7.82. The number of aryl methyl sites for hydroxylation is 1. The Morgan fingerprint density at radius 3 is 2.32 bits per heavy atom. The van der Waals surface area contributed by atoms with Crippen LogP contribution in [0.15, 0.2) is 72.8 Å². The van der Waals surface area contributed by atoms with Crippen LogP contribution in [0.2, 0.25) is 0 Å². The SMILES string of the molecule is Cc1cccc(N(C(=O)c2snc(C(N)=O)c2N)C(C(=O)NCc2ccccc2)c2ccc(F)cc2)c1C. The lowest BCUT2D eigenvalue weighted by Crippen LogP contribution is -2.44. The van der Waals surface area contributed by atoms with Crippen molar-refractivity contribution in [1.29, 1.82) is 0 Å². The van der Waals surface area contributed by atoms with Gasteiger partial charge in [-0.05, 0) is 65.8 Å². The van der Waals surface area contributed by atoms with E-state index in [1.165, 1.54) is 29.2 Å². The van der Waals surface area contributed by atoms with Gasteiger partial charge in [-0.15, -0.1) is 0 Å². The van der Waals surface area contributed by atoms with Gasteiger partial charge in [0.1, 0.15) is 16.7 Å². The molecule has 1 atom stereocenters. The smallest absolute Gasteiger partial charge is 0.273 e. The summed E-state index contributed by atoms with van der Waals surface area (Å²) < 4.78 is 17.8. The second-order valence-corrected chi connectivity index (χ2v) is 9.46. The Balaban J connectivity index is 1.87. The molecule has 4 rings (SSSR count). The molecule has 5 N–H and O–H groups in total. The summed E-state index contributed by atoms with van der Waals surface area (Å²) in [7, 11) is 0. The molecule has 3 amide bonds. The van der Waals surface area contributed by atoms with E-state index in [1.54, 1.807) is 12.1 Å². The molecule has 0 spiro atoms. The summed E-state index contributed by atoms with van der Waals surface area (Å²) >= 11 is 0.724. The summed E-state index contributed by atoms with van der Waals surface area (Å²) in [5.41, 5.74) is 14.4. The number of benzene rings is 3. The third kappa shape index (κ3) is 5.40. The molecule has 3 aromatic carbocycles. The van der Waals surface area contributed by atoms with Gasteiger partial charge in [-0.25, -0.2) is 4.39 Å². The maximum absolute atomic E-state index is 14.1. The number of anilines is 2. The number of carbonyl (C=O) groups excluding carboxylic acids is 3. The first-order valence-electron chi connectivity index (χ1n) is 11.7. The van der Waals surface area contributed by atoms with Crippen molar-refractivity contribution in [3.63, 3.8) is 0 Å². The molecule has 0 aliphatic heterocycles. The third-order valence-corrected chi connectivity index (χ3v) is 7.06. The Morgan fingerprint density at radius 1 is 1.00 bits per heavy atom. The number of carbonyl (C=O) groups is 3. The number of nitrogens with two attached hydrogens (primary N) is 2. The van der Waals surface area contributed by atoms with E-state index < -0.39 is 29.6 Å². The molecule has 0 saturated heterocycles. The van der Waals surface area contributed by atoms with Gasteiger partial charge in [0.05, 0.1) is 5.69 Å². The number of amides is 3. The summed E-state index contributed by atoms with van der Waals surface area (Å²) in [5, 5.41) is 2.90. The highest BCUT2D eigenvalue weighted by atomic mass is 32.1. The van der Waals surface area contributed by atoms with Crippen LogP contribution in [0.4, 0.5) is 15.8 Å². The van der Waals surface area contributed by atoms with E-state index in [9.17, 15) is 18.8 Å². The van der Waals surface area contributed by atoms with Crippen LogP contribution < -0.4 is 21.7 Å². The van der Waals surface area contributed by atoms with Crippen molar-refractivity contribution < 1.29 is 18.8 Å². The van der Waals surface area contributed by atoms with Gasteiger partial charge >= 0.3 is 0 Å². The van der Waals surface area contributed by atoms with E-state index >= 15 is 0 Å². The second kappa shape index (κ2) is 11.2. The molecule has 0 saturated carbocycles. The Labute approximate surface area is 223 Å². The maximum Gasteiger partial charge on any atom is 0.273 e. The number of nitrogens with zero attached hydrogens (tertiary/aromatic N) is 2. The van der Waals surface area contributed by atoms with E-state index in [-0.39, 0.29) is 22.8 Å². The molecule has 0 aliphatic carbocycles. The predicted molar refractivity (Wildman–Crippen MR) is 145 cm³/mol. The topological polar surface area (TPSA) is 131 Å². The molecule has 194 valence electrons. The highest BCUT2D eigenvalue weighted by Gasteiger charge is 2.36. The van der Waals surface area contributed by atoms with Crippen LogP contribution in [0.25, 0.3) is 0 Å². The predicted octanol–water partition coefficient (Wildman–Crippen LogP) is 4.28. The van der Waals surface area contributed by atoms with E-state index in [4.69, 9.17) is 11.5 Å². The molecular weight excluding hydrogens is 505 g/mol. The van der Waals surface area contributed by atoms with Gasteiger partial charge in [-0.1, -0.05) is 54.6 Å². The zero-order valence-corrected chi connectivity index (χ0v) is 21.6. The zero-order chi connectivity index (χ0) is 27.4. The molecule has 0 fully saturated rings. The lowest BCUT2D eigenvalue weighted by atomic mass is 9.99. The molecule has 0 radical (unpaired) electrons. The Hall–Kier alpha value is -4.57. The standard InChI is InChI=1S/C28H26FN5O3S/c1-16-7-6-10-21(17(16)2)34(28(37)25-22(30)23(26(31)35)33-38-25)24(19-11-13-20(29)14-12-19)27(36)32-15-18-8-4-3-5-9-18/h3-14,24H,15,30H2,1-2H3,(H2,31,35)(H,32,36). The van der Waals surface area contributed by atoms with Crippen LogP contribution in [0.1, 0.15) is 48.5 Å². The van der Waals surface area contributed by atoms with Crippen LogP contribution >= 0.6 is 11.5 Å². The number of nitrogen functional groups attached to an aromatic ring is 1. The van der Waals surface area contributed by atoms with Gasteiger partial charge in [0.2, 0.25) is 5.91 Å². The average molecular weight is 532 g/mol. The molecule has 1 aromatic heterocycles. The number of aromatic nitrogens is 1. The Morgan fingerprint density at radius 2 is 1.68 bits per heavy atom. The van der Waals surface area contributed by atoms with Crippen LogP contribution in [0, 0.1) is 19.7 Å². The largest absolute Gasteiger partial charge is 0.395 e. The minimum absolute atomic E-state index is 0.0392. The van der Waals surface area contributed by atoms with Gasteiger partial charge in [-0.2, -0.15) is 4.37 Å². The first kappa shape index (κ1) is 26.5. The molecule has 0 aliphatic rings. The molecular formula is C28H26FN5O3S. The minimum atomic E-state index is -1.20. The van der Waals surface area contributed by atoms with E-state index in [0.717, 1.165) is 28.2 Å². The molecule has 1 unspecified atom stereocenters. The Bertz CT molecular complexity index is 1490. The molecule has 8 nitrogen and oxygen atoms in total. The molecule has 4 aromatic rings. The van der Waals surface area contributed by atoms with E-state index in [1.807, 2.05) is 50.2 Å².